The Morgan fingerprint density at radius 2 is 1.81 bits per heavy atom. The third kappa shape index (κ3) is 4.90. The number of aromatic nitrogens is 4. The third-order valence-electron chi connectivity index (χ3n) is 3.43. The van der Waals surface area contributed by atoms with E-state index in [0.29, 0.717) is 5.16 Å². The molecule has 1 aromatic heterocycles. The maximum atomic E-state index is 12.2. The molecule has 0 spiro atoms. The molecule has 27 heavy (non-hydrogen) atoms. The van der Waals surface area contributed by atoms with Crippen LogP contribution in [0.1, 0.15) is 5.56 Å². The predicted molar refractivity (Wildman–Crippen MR) is 99.5 cm³/mol. The van der Waals surface area contributed by atoms with Crippen molar-refractivity contribution in [3.8, 4) is 5.69 Å². The standard InChI is InChI=1S/C16H16N6O3S2/c1-12-7-9-14(10-8-12)27(24,25)21-17-15(23)11-26-16-18-19-20-22(16)13-5-3-2-4-6-13/h2-10,21H,11H2,1H3,(H,17,23). The summed E-state index contributed by atoms with van der Waals surface area (Å²) in [5, 5.41) is 11.8. The number of amides is 1. The summed E-state index contributed by atoms with van der Waals surface area (Å²) in [6.07, 6.45) is 0. The van der Waals surface area contributed by atoms with Gasteiger partial charge >= 0.3 is 0 Å². The average Bonchev–Trinajstić information content (AvgIpc) is 3.14. The molecule has 2 aromatic carbocycles. The van der Waals surface area contributed by atoms with E-state index in [9.17, 15) is 13.2 Å². The number of hydrogen-bond donors (Lipinski definition) is 2. The monoisotopic (exact) mass is 404 g/mol. The SMILES string of the molecule is Cc1ccc(S(=O)(=O)NNC(=O)CSc2nnnn2-c2ccccc2)cc1. The zero-order valence-corrected chi connectivity index (χ0v) is 15.9. The molecule has 0 atom stereocenters. The van der Waals surface area contributed by atoms with Gasteiger partial charge in [0.05, 0.1) is 16.3 Å². The first-order chi connectivity index (χ1) is 13.0. The van der Waals surface area contributed by atoms with Crippen molar-refractivity contribution in [1.29, 1.82) is 0 Å². The second-order valence-electron chi connectivity index (χ2n) is 5.46. The number of nitrogens with one attached hydrogen (secondary N) is 2. The number of hydrogen-bond acceptors (Lipinski definition) is 7. The topological polar surface area (TPSA) is 119 Å². The van der Waals surface area contributed by atoms with E-state index in [1.165, 1.54) is 16.8 Å². The van der Waals surface area contributed by atoms with Gasteiger partial charge in [-0.15, -0.1) is 9.93 Å². The fraction of sp³-hybridized carbons (Fsp3) is 0.125. The van der Waals surface area contributed by atoms with Crippen LogP contribution >= 0.6 is 11.8 Å². The third-order valence-corrected chi connectivity index (χ3v) is 5.61. The zero-order valence-electron chi connectivity index (χ0n) is 14.2. The number of sulfonamides is 1. The van der Waals surface area contributed by atoms with Gasteiger partial charge in [-0.05, 0) is 41.6 Å². The van der Waals surface area contributed by atoms with E-state index < -0.39 is 15.9 Å². The van der Waals surface area contributed by atoms with E-state index in [1.807, 2.05) is 37.3 Å². The minimum atomic E-state index is -3.83. The Hall–Kier alpha value is -2.76. The molecule has 0 aliphatic heterocycles. The van der Waals surface area contributed by atoms with Crippen molar-refractivity contribution >= 4 is 27.7 Å². The molecule has 0 fully saturated rings. The lowest BCUT2D eigenvalue weighted by molar-refractivity contribution is -0.119. The lowest BCUT2D eigenvalue weighted by Crippen LogP contribution is -2.42. The molecular formula is C16H16N6O3S2. The van der Waals surface area contributed by atoms with E-state index in [4.69, 9.17) is 0 Å². The van der Waals surface area contributed by atoms with Crippen LogP contribution in [0.5, 0.6) is 0 Å². The van der Waals surface area contributed by atoms with Gasteiger partial charge in [-0.3, -0.25) is 10.2 Å². The highest BCUT2D eigenvalue weighted by Gasteiger charge is 2.16. The van der Waals surface area contributed by atoms with Gasteiger partial charge in [0.25, 0.3) is 10.0 Å². The highest BCUT2D eigenvalue weighted by molar-refractivity contribution is 7.99. The molecule has 3 rings (SSSR count). The molecule has 0 saturated carbocycles. The van der Waals surface area contributed by atoms with Crippen molar-refractivity contribution in [2.75, 3.05) is 5.75 Å². The van der Waals surface area contributed by atoms with Crippen LogP contribution in [0.25, 0.3) is 5.69 Å². The Bertz CT molecular complexity index is 1020. The van der Waals surface area contributed by atoms with Crippen molar-refractivity contribution in [3.05, 3.63) is 60.2 Å². The maximum Gasteiger partial charge on any atom is 0.257 e. The summed E-state index contributed by atoms with van der Waals surface area (Å²) in [5.74, 6) is -0.595. The Balaban J connectivity index is 1.57. The van der Waals surface area contributed by atoms with E-state index in [0.717, 1.165) is 23.0 Å². The van der Waals surface area contributed by atoms with Crippen molar-refractivity contribution in [2.24, 2.45) is 0 Å². The Kier molecular flexibility index (Phi) is 5.84. The van der Waals surface area contributed by atoms with Crippen molar-refractivity contribution in [1.82, 2.24) is 30.5 Å². The van der Waals surface area contributed by atoms with E-state index in [1.54, 1.807) is 12.1 Å². The first-order valence-electron chi connectivity index (χ1n) is 7.79. The molecule has 0 aliphatic rings. The minimum Gasteiger partial charge on any atom is -0.277 e. The summed E-state index contributed by atoms with van der Waals surface area (Å²) in [5.41, 5.74) is 3.87. The molecular weight excluding hydrogens is 388 g/mol. The number of aryl methyl sites for hydroxylation is 1. The van der Waals surface area contributed by atoms with Gasteiger partial charge in [-0.2, -0.15) is 4.68 Å². The number of rotatable bonds is 7. The van der Waals surface area contributed by atoms with Crippen LogP contribution in [0.4, 0.5) is 0 Å². The molecule has 0 unspecified atom stereocenters. The van der Waals surface area contributed by atoms with Crippen molar-refractivity contribution in [2.45, 2.75) is 17.0 Å². The largest absolute Gasteiger partial charge is 0.277 e. The van der Waals surface area contributed by atoms with Crippen LogP contribution < -0.4 is 10.3 Å². The van der Waals surface area contributed by atoms with Crippen LogP contribution in [-0.2, 0) is 14.8 Å². The molecule has 3 aromatic rings. The number of nitrogens with zero attached hydrogens (tertiary/aromatic N) is 4. The smallest absolute Gasteiger partial charge is 0.257 e. The second-order valence-corrected chi connectivity index (χ2v) is 8.09. The van der Waals surface area contributed by atoms with Crippen molar-refractivity contribution < 1.29 is 13.2 Å². The Morgan fingerprint density at radius 3 is 2.52 bits per heavy atom. The predicted octanol–water partition coefficient (Wildman–Crippen LogP) is 1.07. The van der Waals surface area contributed by atoms with Gasteiger partial charge in [0.2, 0.25) is 11.1 Å². The molecule has 11 heteroatoms. The van der Waals surface area contributed by atoms with Crippen molar-refractivity contribution in [3.63, 3.8) is 0 Å². The lowest BCUT2D eigenvalue weighted by atomic mass is 10.2. The molecule has 0 saturated heterocycles. The average molecular weight is 404 g/mol. The van der Waals surface area contributed by atoms with Gasteiger partial charge in [0, 0.05) is 0 Å². The maximum absolute atomic E-state index is 12.2. The number of tetrazole rings is 1. The summed E-state index contributed by atoms with van der Waals surface area (Å²) in [4.78, 5) is 14.1. The van der Waals surface area contributed by atoms with Gasteiger partial charge < -0.3 is 0 Å². The number of para-hydroxylation sites is 1. The number of thioether (sulfide) groups is 1. The molecule has 9 nitrogen and oxygen atoms in total. The minimum absolute atomic E-state index is 0.0640. The van der Waals surface area contributed by atoms with Gasteiger partial charge in [-0.25, -0.2) is 8.42 Å². The lowest BCUT2D eigenvalue weighted by Gasteiger charge is -2.08. The molecule has 1 amide bonds. The first-order valence-corrected chi connectivity index (χ1v) is 10.3. The van der Waals surface area contributed by atoms with E-state index in [2.05, 4.69) is 25.8 Å². The molecule has 140 valence electrons. The number of carbonyl (C=O) groups excluding carboxylic acids is 1. The number of benzene rings is 2. The Labute approximate surface area is 160 Å². The highest BCUT2D eigenvalue weighted by Crippen LogP contribution is 2.17. The molecule has 0 radical (unpaired) electrons. The van der Waals surface area contributed by atoms with Crippen LogP contribution in [0, 0.1) is 6.92 Å². The quantitative estimate of drug-likeness (QED) is 0.447. The summed E-state index contributed by atoms with van der Waals surface area (Å²) in [7, 11) is -3.83. The van der Waals surface area contributed by atoms with Crippen LogP contribution in [-0.4, -0.2) is 40.3 Å². The number of hydrazine groups is 1. The molecule has 2 N–H and O–H groups in total. The summed E-state index contributed by atoms with van der Waals surface area (Å²) < 4.78 is 25.8. The van der Waals surface area contributed by atoms with E-state index >= 15 is 0 Å². The summed E-state index contributed by atoms with van der Waals surface area (Å²) >= 11 is 1.08. The van der Waals surface area contributed by atoms with Gasteiger partial charge in [0.15, 0.2) is 0 Å². The summed E-state index contributed by atoms with van der Waals surface area (Å²) in [6, 6.07) is 15.5. The van der Waals surface area contributed by atoms with Gasteiger partial charge in [0.1, 0.15) is 0 Å². The second kappa shape index (κ2) is 8.29. The normalized spacial score (nSPS) is 11.3. The first kappa shape index (κ1) is 19.0. The zero-order chi connectivity index (χ0) is 19.3. The molecule has 0 bridgehead atoms. The molecule has 1 heterocycles. The van der Waals surface area contributed by atoms with Gasteiger partial charge in [-0.1, -0.05) is 47.7 Å². The van der Waals surface area contributed by atoms with Crippen LogP contribution in [0.2, 0.25) is 0 Å². The highest BCUT2D eigenvalue weighted by atomic mass is 32.2. The fourth-order valence-electron chi connectivity index (χ4n) is 2.07. The van der Waals surface area contributed by atoms with Crippen LogP contribution in [0.3, 0.4) is 0 Å². The summed E-state index contributed by atoms with van der Waals surface area (Å²) in [6.45, 7) is 1.85. The van der Waals surface area contributed by atoms with Crippen LogP contribution in [0.15, 0.2) is 64.6 Å². The fourth-order valence-corrected chi connectivity index (χ4v) is 3.62. The number of carbonyl (C=O) groups is 1. The Morgan fingerprint density at radius 1 is 1.11 bits per heavy atom. The van der Waals surface area contributed by atoms with E-state index in [-0.39, 0.29) is 10.6 Å². The molecule has 0 aliphatic carbocycles.